The maximum absolute atomic E-state index is 11.1. The van der Waals surface area contributed by atoms with Gasteiger partial charge in [0.05, 0.1) is 0 Å². The molecule has 0 fully saturated rings. The van der Waals surface area contributed by atoms with Gasteiger partial charge in [-0.25, -0.2) is 0 Å². The molecule has 0 aliphatic carbocycles. The summed E-state index contributed by atoms with van der Waals surface area (Å²) in [5.41, 5.74) is 1.97. The number of carbonyl (C=O) groups is 1. The number of ether oxygens (including phenoxy) is 1. The Morgan fingerprint density at radius 2 is 1.73 bits per heavy atom. The topological polar surface area (TPSA) is 38.3 Å². The van der Waals surface area contributed by atoms with Gasteiger partial charge in [-0.15, -0.1) is 0 Å². The summed E-state index contributed by atoms with van der Waals surface area (Å²) in [4.78, 5) is 11.1. The Labute approximate surface area is 91.5 Å². The van der Waals surface area contributed by atoms with Gasteiger partial charge in [-0.05, 0) is 24.1 Å². The molecule has 0 aliphatic rings. The number of hydrogen-bond donors (Lipinski definition) is 1. The summed E-state index contributed by atoms with van der Waals surface area (Å²) >= 11 is 0. The van der Waals surface area contributed by atoms with Crippen molar-refractivity contribution in [1.82, 2.24) is 5.32 Å². The highest BCUT2D eigenvalue weighted by molar-refractivity contribution is 5.93. The van der Waals surface area contributed by atoms with Crippen molar-refractivity contribution in [3.05, 3.63) is 35.4 Å². The molecular weight excluding hydrogens is 190 g/mol. The second-order valence-corrected chi connectivity index (χ2v) is 3.04. The Morgan fingerprint density at radius 1 is 1.27 bits per heavy atom. The molecule has 1 rings (SSSR count). The fraction of sp³-hybridized carbons (Fsp3) is 0.417. The lowest BCUT2D eigenvalue weighted by atomic mass is 10.1. The molecular formula is C12H19NO2. The Hall–Kier alpha value is -1.35. The Balaban J connectivity index is 0.000000583. The number of amides is 1. The average Bonchev–Trinajstić information content (AvgIpc) is 2.29. The molecule has 3 heteroatoms. The second-order valence-electron chi connectivity index (χ2n) is 3.04. The summed E-state index contributed by atoms with van der Waals surface area (Å²) in [5, 5.41) is 2.58. The number of aryl methyl sites for hydroxylation is 1. The van der Waals surface area contributed by atoms with Crippen molar-refractivity contribution in [2.45, 2.75) is 13.3 Å². The number of nitrogens with one attached hydrogen (secondary N) is 1. The van der Waals surface area contributed by atoms with E-state index in [1.807, 2.05) is 24.3 Å². The van der Waals surface area contributed by atoms with Gasteiger partial charge in [-0.1, -0.05) is 19.1 Å². The predicted octanol–water partition coefficient (Wildman–Crippen LogP) is 1.87. The highest BCUT2D eigenvalue weighted by atomic mass is 16.4. The summed E-state index contributed by atoms with van der Waals surface area (Å²) < 4.78 is 4.25. The number of benzene rings is 1. The van der Waals surface area contributed by atoms with Crippen LogP contribution in [0.4, 0.5) is 0 Å². The number of rotatable bonds is 2. The molecule has 1 aromatic carbocycles. The number of methoxy groups -OCH3 is 1. The molecule has 0 heterocycles. The smallest absolute Gasteiger partial charge is 0.251 e. The normalized spacial score (nSPS) is 8.80. The van der Waals surface area contributed by atoms with E-state index < -0.39 is 0 Å². The first-order chi connectivity index (χ1) is 7.19. The van der Waals surface area contributed by atoms with Crippen molar-refractivity contribution in [3.8, 4) is 0 Å². The number of hydrogen-bond acceptors (Lipinski definition) is 2. The van der Waals surface area contributed by atoms with Crippen LogP contribution >= 0.6 is 0 Å². The molecule has 84 valence electrons. The summed E-state index contributed by atoms with van der Waals surface area (Å²) in [6, 6.07) is 7.64. The molecule has 3 nitrogen and oxygen atoms in total. The lowest BCUT2D eigenvalue weighted by Crippen LogP contribution is -2.17. The fourth-order valence-electron chi connectivity index (χ4n) is 1.04. The zero-order valence-corrected chi connectivity index (χ0v) is 9.83. The van der Waals surface area contributed by atoms with Crippen LogP contribution in [0.25, 0.3) is 0 Å². The standard InChI is InChI=1S/C10H13NO.C2H6O/c1-3-8-4-6-9(7-5-8)10(12)11-2;1-3-2/h4-7H,3H2,1-2H3,(H,11,12);1-2H3. The zero-order valence-electron chi connectivity index (χ0n) is 9.83. The van der Waals surface area contributed by atoms with Gasteiger partial charge >= 0.3 is 0 Å². The SMILES string of the molecule is CCc1ccc(C(=O)NC)cc1.COC. The van der Waals surface area contributed by atoms with Gasteiger partial charge in [0, 0.05) is 26.8 Å². The van der Waals surface area contributed by atoms with E-state index in [0.29, 0.717) is 0 Å². The Kier molecular flexibility index (Phi) is 7.28. The van der Waals surface area contributed by atoms with Crippen LogP contribution in [0.15, 0.2) is 24.3 Å². The van der Waals surface area contributed by atoms with Crippen LogP contribution in [0.5, 0.6) is 0 Å². The van der Waals surface area contributed by atoms with E-state index in [4.69, 9.17) is 0 Å². The Bertz CT molecular complexity index is 280. The Morgan fingerprint density at radius 3 is 2.07 bits per heavy atom. The lowest BCUT2D eigenvalue weighted by Gasteiger charge is -2.00. The van der Waals surface area contributed by atoms with Crippen molar-refractivity contribution < 1.29 is 9.53 Å². The van der Waals surface area contributed by atoms with Crippen molar-refractivity contribution in [2.24, 2.45) is 0 Å². The monoisotopic (exact) mass is 209 g/mol. The molecule has 0 saturated heterocycles. The minimum absolute atomic E-state index is 0.0300. The molecule has 0 unspecified atom stereocenters. The van der Waals surface area contributed by atoms with Crippen molar-refractivity contribution in [1.29, 1.82) is 0 Å². The van der Waals surface area contributed by atoms with Crippen LogP contribution < -0.4 is 5.32 Å². The van der Waals surface area contributed by atoms with Crippen LogP contribution in [0.3, 0.4) is 0 Å². The third-order valence-electron chi connectivity index (χ3n) is 1.85. The van der Waals surface area contributed by atoms with E-state index in [2.05, 4.69) is 17.0 Å². The first-order valence-electron chi connectivity index (χ1n) is 4.90. The van der Waals surface area contributed by atoms with Gasteiger partial charge in [0.15, 0.2) is 0 Å². The van der Waals surface area contributed by atoms with Gasteiger partial charge in [-0.2, -0.15) is 0 Å². The second kappa shape index (κ2) is 8.00. The van der Waals surface area contributed by atoms with Crippen LogP contribution in [-0.4, -0.2) is 27.2 Å². The van der Waals surface area contributed by atoms with Crippen LogP contribution in [0.2, 0.25) is 0 Å². The maximum Gasteiger partial charge on any atom is 0.251 e. The van der Waals surface area contributed by atoms with Crippen molar-refractivity contribution in [3.63, 3.8) is 0 Å². The molecule has 0 aromatic heterocycles. The number of carbonyl (C=O) groups excluding carboxylic acids is 1. The molecule has 0 bridgehead atoms. The molecule has 15 heavy (non-hydrogen) atoms. The van der Waals surface area contributed by atoms with Gasteiger partial charge < -0.3 is 10.1 Å². The lowest BCUT2D eigenvalue weighted by molar-refractivity contribution is 0.0963. The highest BCUT2D eigenvalue weighted by Gasteiger charge is 2.00. The first-order valence-corrected chi connectivity index (χ1v) is 4.90. The first kappa shape index (κ1) is 13.7. The molecule has 1 amide bonds. The van der Waals surface area contributed by atoms with Gasteiger partial charge in [0.25, 0.3) is 5.91 Å². The third-order valence-corrected chi connectivity index (χ3v) is 1.85. The molecule has 0 saturated carbocycles. The minimum atomic E-state index is -0.0300. The molecule has 0 atom stereocenters. The van der Waals surface area contributed by atoms with E-state index in [1.165, 1.54) is 5.56 Å². The largest absolute Gasteiger partial charge is 0.388 e. The predicted molar refractivity (Wildman–Crippen MR) is 62.1 cm³/mol. The fourth-order valence-corrected chi connectivity index (χ4v) is 1.04. The molecule has 1 aromatic rings. The maximum atomic E-state index is 11.1. The molecule has 0 radical (unpaired) electrons. The van der Waals surface area contributed by atoms with E-state index in [0.717, 1.165) is 12.0 Å². The van der Waals surface area contributed by atoms with E-state index in [-0.39, 0.29) is 5.91 Å². The van der Waals surface area contributed by atoms with Gasteiger partial charge in [-0.3, -0.25) is 4.79 Å². The summed E-state index contributed by atoms with van der Waals surface area (Å²) in [5.74, 6) is -0.0300. The average molecular weight is 209 g/mol. The van der Waals surface area contributed by atoms with Gasteiger partial charge in [0.1, 0.15) is 0 Å². The quantitative estimate of drug-likeness (QED) is 0.807. The zero-order chi connectivity index (χ0) is 11.7. The third kappa shape index (κ3) is 5.18. The van der Waals surface area contributed by atoms with E-state index in [9.17, 15) is 4.79 Å². The van der Waals surface area contributed by atoms with Crippen LogP contribution in [0.1, 0.15) is 22.8 Å². The van der Waals surface area contributed by atoms with Gasteiger partial charge in [0.2, 0.25) is 0 Å². The van der Waals surface area contributed by atoms with Crippen molar-refractivity contribution in [2.75, 3.05) is 21.3 Å². The van der Waals surface area contributed by atoms with Crippen LogP contribution in [0, 0.1) is 0 Å². The minimum Gasteiger partial charge on any atom is -0.388 e. The molecule has 1 N–H and O–H groups in total. The highest BCUT2D eigenvalue weighted by Crippen LogP contribution is 2.04. The van der Waals surface area contributed by atoms with Crippen molar-refractivity contribution >= 4 is 5.91 Å². The van der Waals surface area contributed by atoms with E-state index >= 15 is 0 Å². The molecule has 0 spiro atoms. The summed E-state index contributed by atoms with van der Waals surface area (Å²) in [6.07, 6.45) is 1.01. The summed E-state index contributed by atoms with van der Waals surface area (Å²) in [6.45, 7) is 2.09. The summed E-state index contributed by atoms with van der Waals surface area (Å²) in [7, 11) is 4.88. The van der Waals surface area contributed by atoms with Crippen LogP contribution in [-0.2, 0) is 11.2 Å². The van der Waals surface area contributed by atoms with E-state index in [1.54, 1.807) is 21.3 Å². The molecule has 0 aliphatic heterocycles.